The molecule has 0 aliphatic heterocycles. The van der Waals surface area contributed by atoms with Gasteiger partial charge in [0.1, 0.15) is 11.2 Å². The quantitative estimate of drug-likeness (QED) is 0.0745. The fraction of sp³-hybridized carbons (Fsp3) is 0. The summed E-state index contributed by atoms with van der Waals surface area (Å²) in [5.74, 6) is 2.04. The number of para-hydroxylation sites is 1. The average Bonchev–Trinajstić information content (AvgIpc) is 1.15. The number of benzene rings is 16. The van der Waals surface area contributed by atoms with Crippen LogP contribution in [-0.2, 0) is 0 Å². The number of fused-ring (bicyclic) bond motifs is 7. The Morgan fingerprint density at radius 1 is 0.131 bits per heavy atom. The molecule has 0 saturated carbocycles. The summed E-state index contributed by atoms with van der Waals surface area (Å²) in [7, 11) is 0. The highest BCUT2D eigenvalue weighted by molar-refractivity contribution is 6.14. The minimum absolute atomic E-state index is 0.668. The summed E-state index contributed by atoms with van der Waals surface area (Å²) < 4.78 is 6.16. The number of rotatable bonds is 18. The molecule has 13 heteroatoms. The summed E-state index contributed by atoms with van der Waals surface area (Å²) in [5, 5.41) is 9.72. The maximum absolute atomic E-state index is 6.16. The first-order valence-electron chi connectivity index (χ1n) is 48.1. The monoisotopic (exact) mass is 1850 g/mol. The van der Waals surface area contributed by atoms with Gasteiger partial charge in [0, 0.05) is 135 Å². The smallest absolute Gasteiger partial charge is 0.160 e. The van der Waals surface area contributed by atoms with E-state index in [0.29, 0.717) is 17.5 Å². The number of hydrogen-bond acceptors (Lipinski definition) is 13. The molecule has 0 atom stereocenters. The van der Waals surface area contributed by atoms with Crippen molar-refractivity contribution in [3.05, 3.63) is 523 Å². The van der Waals surface area contributed by atoms with E-state index in [2.05, 4.69) is 412 Å². The Bertz CT molecular complexity index is 8810. The van der Waals surface area contributed by atoms with Gasteiger partial charge in [-0.1, -0.05) is 352 Å². The van der Waals surface area contributed by atoms with Gasteiger partial charge in [-0.15, -0.1) is 0 Å². The topological polar surface area (TPSA) is 168 Å². The SMILES string of the molecule is c1cncc(-c2ccc(-c3cc(-c4ccc(-c5cccnc5)cc4)nc(-c4ccc(-c5cc6ccccc6c6ccccc56)cc4)n3)cc2)c1.c1cncc(-c2ccc(-c3cc(-c4ccc(-c5ccncc5)cc4)nc(-c4ccc(-c5ccc6c(c5)oc5ccccc56)cc4)n3)cc2)c1.c1cncc(-c2ccc(-c3cc(-c4ccc(-c5ccncc5)cc4)nc(-c4ccc(-c5ccc6ccccc6c5)cc4)n3)cc2)c1. The van der Waals surface area contributed by atoms with Crippen LogP contribution in [0.4, 0.5) is 0 Å². The molecule has 145 heavy (non-hydrogen) atoms. The minimum Gasteiger partial charge on any atom is -0.456 e. The third-order valence-corrected chi connectivity index (χ3v) is 26.6. The van der Waals surface area contributed by atoms with Crippen molar-refractivity contribution < 1.29 is 4.42 Å². The van der Waals surface area contributed by atoms with Crippen LogP contribution in [0.2, 0.25) is 0 Å². The van der Waals surface area contributed by atoms with E-state index in [1.54, 1.807) is 24.8 Å². The van der Waals surface area contributed by atoms with E-state index in [4.69, 9.17) is 34.3 Å². The lowest BCUT2D eigenvalue weighted by molar-refractivity contribution is 0.669. The van der Waals surface area contributed by atoms with Crippen molar-refractivity contribution in [3.8, 4) is 202 Å². The number of hydrogen-bond donors (Lipinski definition) is 0. The number of aromatic nitrogens is 12. The summed E-state index contributed by atoms with van der Waals surface area (Å²) in [5.41, 5.74) is 36.1. The molecular formula is C132H86N12O. The van der Waals surface area contributed by atoms with Crippen molar-refractivity contribution in [2.75, 3.05) is 0 Å². The summed E-state index contributed by atoms with van der Waals surface area (Å²) in [6.07, 6.45) is 22.0. The van der Waals surface area contributed by atoms with Crippen molar-refractivity contribution in [3.63, 3.8) is 0 Å². The standard InChI is InChI=1S/C46H30N4.C44H28N4O.C42H28N4/c1-2-10-40-37(7-1)27-43(42-12-4-3-11-41(40)42)33-17-23-36(24-18-33)46-49-44(34-19-13-31(14-20-34)38-8-5-25-47-29-38)28-45(50-46)35-21-15-32(16-22-35)39-9-6-26-48-30-39;1-2-6-42-38(5-1)39-20-19-36(26-43(39)49-42)30-11-17-35(18-12-30)44-47-40(33-13-7-29(8-14-33)32-21-24-45-25-22-32)27-41(48-44)34-15-9-31(10-16-34)37-4-3-23-46-28-37;1-2-5-37-26-38(20-13-29(37)4-1)31-11-18-36(19-12-31)42-45-40(34-14-7-30(8-15-34)33-21-24-43-25-22-33)27-41(46-42)35-16-9-32(10-17-35)39-6-3-23-44-28-39/h1-30H;1-28H;1-28H. The summed E-state index contributed by atoms with van der Waals surface area (Å²) in [6.45, 7) is 0. The Hall–Kier alpha value is -19.8. The molecule has 26 aromatic rings. The van der Waals surface area contributed by atoms with Crippen LogP contribution in [0.15, 0.2) is 528 Å². The summed E-state index contributed by atoms with van der Waals surface area (Å²) in [6, 6.07) is 156. The van der Waals surface area contributed by atoms with Crippen LogP contribution in [0.25, 0.3) is 256 Å². The van der Waals surface area contributed by atoms with Crippen LogP contribution in [0.1, 0.15) is 0 Å². The third kappa shape index (κ3) is 19.0. The summed E-state index contributed by atoms with van der Waals surface area (Å²) >= 11 is 0. The highest BCUT2D eigenvalue weighted by atomic mass is 16.3. The minimum atomic E-state index is 0.668. The molecule has 0 aliphatic rings. The largest absolute Gasteiger partial charge is 0.456 e. The molecule has 0 spiro atoms. The van der Waals surface area contributed by atoms with E-state index in [9.17, 15) is 0 Å². The van der Waals surface area contributed by atoms with Gasteiger partial charge >= 0.3 is 0 Å². The Morgan fingerprint density at radius 2 is 0.400 bits per heavy atom. The third-order valence-electron chi connectivity index (χ3n) is 26.6. The van der Waals surface area contributed by atoms with Crippen LogP contribution in [-0.4, -0.2) is 59.8 Å². The van der Waals surface area contributed by atoms with Gasteiger partial charge < -0.3 is 4.42 Å². The van der Waals surface area contributed by atoms with Gasteiger partial charge in [-0.25, -0.2) is 29.9 Å². The van der Waals surface area contributed by atoms with E-state index in [1.165, 1.54) is 43.4 Å². The maximum Gasteiger partial charge on any atom is 0.160 e. The van der Waals surface area contributed by atoms with Crippen molar-refractivity contribution in [2.45, 2.75) is 0 Å². The van der Waals surface area contributed by atoms with Gasteiger partial charge in [0.15, 0.2) is 17.5 Å². The Morgan fingerprint density at radius 3 is 0.772 bits per heavy atom. The average molecular weight is 1860 g/mol. The second-order valence-electron chi connectivity index (χ2n) is 35.6. The zero-order valence-corrected chi connectivity index (χ0v) is 78.4. The van der Waals surface area contributed by atoms with Crippen molar-refractivity contribution >= 4 is 54.3 Å². The first-order chi connectivity index (χ1) is 71.8. The number of pyridine rings is 6. The molecule has 0 aliphatic carbocycles. The first kappa shape index (κ1) is 88.0. The van der Waals surface area contributed by atoms with Gasteiger partial charge in [-0.05, 0) is 230 Å². The first-order valence-corrected chi connectivity index (χ1v) is 48.1. The molecule has 0 saturated heterocycles. The molecule has 13 nitrogen and oxygen atoms in total. The zero-order valence-electron chi connectivity index (χ0n) is 78.4. The molecule has 0 unspecified atom stereocenters. The van der Waals surface area contributed by atoms with Gasteiger partial charge in [-0.3, -0.25) is 29.9 Å². The lowest BCUT2D eigenvalue weighted by atomic mass is 9.93. The van der Waals surface area contributed by atoms with Crippen molar-refractivity contribution in [1.29, 1.82) is 0 Å². The number of nitrogens with zero attached hydrogens (tertiary/aromatic N) is 12. The van der Waals surface area contributed by atoms with E-state index < -0.39 is 0 Å². The molecule has 10 aromatic heterocycles. The van der Waals surface area contributed by atoms with Crippen LogP contribution < -0.4 is 0 Å². The predicted octanol–water partition coefficient (Wildman–Crippen LogP) is 33.2. The normalized spacial score (nSPS) is 11.2. The van der Waals surface area contributed by atoms with E-state index in [0.717, 1.165) is 195 Å². The molecule has 26 rings (SSSR count). The summed E-state index contributed by atoms with van der Waals surface area (Å²) in [4.78, 5) is 56.0. The van der Waals surface area contributed by atoms with Gasteiger partial charge in [0.05, 0.1) is 34.2 Å². The van der Waals surface area contributed by atoms with Gasteiger partial charge in [0.2, 0.25) is 0 Å². The maximum atomic E-state index is 6.16. The van der Waals surface area contributed by atoms with Crippen LogP contribution in [0.3, 0.4) is 0 Å². The predicted molar refractivity (Wildman–Crippen MR) is 591 cm³/mol. The molecule has 0 fully saturated rings. The second kappa shape index (κ2) is 40.0. The van der Waals surface area contributed by atoms with E-state index in [1.807, 2.05) is 116 Å². The second-order valence-corrected chi connectivity index (χ2v) is 35.6. The molecule has 680 valence electrons. The molecule has 10 heterocycles. The molecular weight excluding hydrogens is 1770 g/mol. The van der Waals surface area contributed by atoms with Crippen LogP contribution in [0.5, 0.6) is 0 Å². The van der Waals surface area contributed by atoms with Gasteiger partial charge in [-0.2, -0.15) is 0 Å². The molecule has 0 N–H and O–H groups in total. The van der Waals surface area contributed by atoms with E-state index in [-0.39, 0.29) is 0 Å². The Balaban J connectivity index is 0.000000117. The Labute approximate surface area is 837 Å². The van der Waals surface area contributed by atoms with Crippen molar-refractivity contribution in [1.82, 2.24) is 59.8 Å². The zero-order chi connectivity index (χ0) is 96.6. The number of furan rings is 1. The molecule has 16 aromatic carbocycles. The lowest BCUT2D eigenvalue weighted by Gasteiger charge is -2.13. The molecule has 0 bridgehead atoms. The lowest BCUT2D eigenvalue weighted by Crippen LogP contribution is -1.96. The van der Waals surface area contributed by atoms with Crippen LogP contribution in [0, 0.1) is 0 Å². The Kier molecular flexibility index (Phi) is 24.3. The fourth-order valence-corrected chi connectivity index (χ4v) is 18.8. The highest BCUT2D eigenvalue weighted by Gasteiger charge is 2.20. The van der Waals surface area contributed by atoms with Crippen molar-refractivity contribution in [2.24, 2.45) is 0 Å². The van der Waals surface area contributed by atoms with Crippen LogP contribution >= 0.6 is 0 Å². The highest BCUT2D eigenvalue weighted by Crippen LogP contribution is 2.42. The van der Waals surface area contributed by atoms with Gasteiger partial charge in [0.25, 0.3) is 0 Å². The molecule has 0 radical (unpaired) electrons. The van der Waals surface area contributed by atoms with E-state index >= 15 is 0 Å². The molecule has 0 amide bonds. The fourth-order valence-electron chi connectivity index (χ4n) is 18.8.